The number of imide groups is 1. The normalized spacial score (nSPS) is 17.1. The van der Waals surface area contributed by atoms with Gasteiger partial charge in [0.2, 0.25) is 5.91 Å². The highest BCUT2D eigenvalue weighted by atomic mass is 32.2. The van der Waals surface area contributed by atoms with Gasteiger partial charge in [-0.1, -0.05) is 35.9 Å². The summed E-state index contributed by atoms with van der Waals surface area (Å²) in [7, 11) is 0. The van der Waals surface area contributed by atoms with Crippen LogP contribution in [0.4, 0.5) is 14.9 Å². The number of anilines is 1. The van der Waals surface area contributed by atoms with Crippen molar-refractivity contribution in [3.63, 3.8) is 0 Å². The zero-order valence-corrected chi connectivity index (χ0v) is 18.6. The molecule has 8 heteroatoms. The summed E-state index contributed by atoms with van der Waals surface area (Å²) in [6, 6.07) is 12.3. The molecule has 0 aliphatic carbocycles. The number of benzene rings is 2. The van der Waals surface area contributed by atoms with E-state index in [1.54, 1.807) is 18.2 Å². The van der Waals surface area contributed by atoms with Crippen molar-refractivity contribution < 1.29 is 18.8 Å². The monoisotopic (exact) mass is 453 g/mol. The van der Waals surface area contributed by atoms with Gasteiger partial charge in [-0.3, -0.25) is 19.3 Å². The highest BCUT2D eigenvalue weighted by molar-refractivity contribution is 8.18. The fourth-order valence-corrected chi connectivity index (χ4v) is 4.79. The first-order chi connectivity index (χ1) is 15.4. The molecule has 1 N–H and O–H groups in total. The van der Waals surface area contributed by atoms with Crippen molar-refractivity contribution in [1.82, 2.24) is 10.2 Å². The van der Waals surface area contributed by atoms with Gasteiger partial charge in [-0.05, 0) is 55.3 Å². The van der Waals surface area contributed by atoms with Crippen LogP contribution >= 0.6 is 11.8 Å². The van der Waals surface area contributed by atoms with Gasteiger partial charge in [0.05, 0.1) is 11.4 Å². The molecule has 0 saturated carbocycles. The SMILES string of the molecule is Cc1ccc2c(c1)CCCN2CC(=O)NCCN1C(=O)SC(=Cc2ccccc2F)C1=O. The molecule has 1 saturated heterocycles. The zero-order valence-electron chi connectivity index (χ0n) is 17.8. The van der Waals surface area contributed by atoms with Crippen LogP contribution in [-0.4, -0.2) is 48.1 Å². The molecule has 2 aliphatic heterocycles. The third-order valence-electron chi connectivity index (χ3n) is 5.51. The maximum atomic E-state index is 13.8. The minimum absolute atomic E-state index is 0.0702. The lowest BCUT2D eigenvalue weighted by Gasteiger charge is -2.31. The Morgan fingerprint density at radius 1 is 1.22 bits per heavy atom. The van der Waals surface area contributed by atoms with Gasteiger partial charge in [0, 0.05) is 30.9 Å². The van der Waals surface area contributed by atoms with Gasteiger partial charge < -0.3 is 10.2 Å². The third kappa shape index (κ3) is 4.85. The molecule has 2 aromatic carbocycles. The van der Waals surface area contributed by atoms with E-state index in [4.69, 9.17) is 0 Å². The van der Waals surface area contributed by atoms with Crippen molar-refractivity contribution in [2.24, 2.45) is 0 Å². The summed E-state index contributed by atoms with van der Waals surface area (Å²) in [6.45, 7) is 3.33. The molecule has 0 bridgehead atoms. The minimum Gasteiger partial charge on any atom is -0.362 e. The van der Waals surface area contributed by atoms with E-state index in [0.717, 1.165) is 41.7 Å². The predicted molar refractivity (Wildman–Crippen MR) is 124 cm³/mol. The second kappa shape index (κ2) is 9.56. The molecule has 166 valence electrons. The summed E-state index contributed by atoms with van der Waals surface area (Å²) >= 11 is 0.777. The lowest BCUT2D eigenvalue weighted by molar-refractivity contribution is -0.124. The van der Waals surface area contributed by atoms with Gasteiger partial charge in [0.15, 0.2) is 0 Å². The second-order valence-corrected chi connectivity index (χ2v) is 8.86. The van der Waals surface area contributed by atoms with Crippen molar-refractivity contribution in [3.05, 3.63) is 69.9 Å². The van der Waals surface area contributed by atoms with Crippen LogP contribution in [-0.2, 0) is 16.0 Å². The number of aryl methyl sites for hydroxylation is 2. The predicted octanol–water partition coefficient (Wildman–Crippen LogP) is 3.74. The van der Waals surface area contributed by atoms with Crippen LogP contribution in [0, 0.1) is 12.7 Å². The first kappa shape index (κ1) is 22.1. The number of rotatable bonds is 6. The Morgan fingerprint density at radius 2 is 2.03 bits per heavy atom. The Labute approximate surface area is 190 Å². The van der Waals surface area contributed by atoms with Gasteiger partial charge in [0.25, 0.3) is 11.1 Å². The van der Waals surface area contributed by atoms with Crippen molar-refractivity contribution in [2.45, 2.75) is 19.8 Å². The maximum Gasteiger partial charge on any atom is 0.293 e. The molecule has 0 aromatic heterocycles. The quantitative estimate of drug-likeness (QED) is 0.675. The van der Waals surface area contributed by atoms with Crippen LogP contribution in [0.1, 0.15) is 23.1 Å². The van der Waals surface area contributed by atoms with Crippen LogP contribution in [0.5, 0.6) is 0 Å². The molecule has 0 spiro atoms. The molecule has 0 unspecified atom stereocenters. The Balaban J connectivity index is 1.31. The van der Waals surface area contributed by atoms with Gasteiger partial charge in [-0.15, -0.1) is 0 Å². The van der Waals surface area contributed by atoms with E-state index in [2.05, 4.69) is 29.3 Å². The number of nitrogens with one attached hydrogen (secondary N) is 1. The lowest BCUT2D eigenvalue weighted by Crippen LogP contribution is -2.43. The van der Waals surface area contributed by atoms with E-state index in [9.17, 15) is 18.8 Å². The zero-order chi connectivity index (χ0) is 22.7. The van der Waals surface area contributed by atoms with Gasteiger partial charge in [-0.25, -0.2) is 4.39 Å². The molecule has 4 rings (SSSR count). The topological polar surface area (TPSA) is 69.7 Å². The van der Waals surface area contributed by atoms with Crippen LogP contribution in [0.3, 0.4) is 0 Å². The average molecular weight is 454 g/mol. The van der Waals surface area contributed by atoms with Gasteiger partial charge in [-0.2, -0.15) is 0 Å². The molecule has 32 heavy (non-hydrogen) atoms. The van der Waals surface area contributed by atoms with Crippen LogP contribution in [0.15, 0.2) is 47.4 Å². The number of hydrogen-bond acceptors (Lipinski definition) is 5. The van der Waals surface area contributed by atoms with E-state index in [1.165, 1.54) is 23.3 Å². The van der Waals surface area contributed by atoms with Gasteiger partial charge in [0.1, 0.15) is 5.82 Å². The number of nitrogens with zero attached hydrogens (tertiary/aromatic N) is 2. The molecule has 0 radical (unpaired) electrons. The smallest absolute Gasteiger partial charge is 0.293 e. The molecule has 1 fully saturated rings. The van der Waals surface area contributed by atoms with E-state index in [1.807, 2.05) is 6.07 Å². The van der Waals surface area contributed by atoms with E-state index in [0.29, 0.717) is 0 Å². The summed E-state index contributed by atoms with van der Waals surface area (Å²) < 4.78 is 13.8. The first-order valence-corrected chi connectivity index (χ1v) is 11.3. The Hall–Kier alpha value is -3.13. The van der Waals surface area contributed by atoms with Crippen molar-refractivity contribution in [3.8, 4) is 0 Å². The van der Waals surface area contributed by atoms with Crippen LogP contribution in [0.25, 0.3) is 6.08 Å². The standard InChI is InChI=1S/C24H24FN3O3S/c1-16-8-9-20-18(13-16)6-4-11-27(20)15-22(29)26-10-12-28-23(30)21(32-24(28)31)14-17-5-2-3-7-19(17)25/h2-3,5,7-9,13-14H,4,6,10-12,15H2,1H3,(H,26,29). The van der Waals surface area contributed by atoms with Crippen LogP contribution < -0.4 is 10.2 Å². The molecule has 2 heterocycles. The summed E-state index contributed by atoms with van der Waals surface area (Å²) in [5.74, 6) is -1.09. The number of fused-ring (bicyclic) bond motifs is 1. The first-order valence-electron chi connectivity index (χ1n) is 10.5. The van der Waals surface area contributed by atoms with Gasteiger partial charge >= 0.3 is 0 Å². The number of halogens is 1. The van der Waals surface area contributed by atoms with E-state index < -0.39 is 17.0 Å². The summed E-state index contributed by atoms with van der Waals surface area (Å²) in [5.41, 5.74) is 3.80. The van der Waals surface area contributed by atoms with E-state index in [-0.39, 0.29) is 36.0 Å². The largest absolute Gasteiger partial charge is 0.362 e. The summed E-state index contributed by atoms with van der Waals surface area (Å²) in [6.07, 6.45) is 3.39. The molecule has 3 amide bonds. The number of hydrogen-bond donors (Lipinski definition) is 1. The number of amides is 3. The molecule has 2 aromatic rings. The number of carbonyl (C=O) groups is 3. The Kier molecular flexibility index (Phi) is 6.60. The molecule has 0 atom stereocenters. The lowest BCUT2D eigenvalue weighted by atomic mass is 9.99. The summed E-state index contributed by atoms with van der Waals surface area (Å²) in [5, 5.41) is 2.37. The van der Waals surface area contributed by atoms with Crippen LogP contribution in [0.2, 0.25) is 0 Å². The van der Waals surface area contributed by atoms with Crippen molar-refractivity contribution in [1.29, 1.82) is 0 Å². The Morgan fingerprint density at radius 3 is 2.84 bits per heavy atom. The highest BCUT2D eigenvalue weighted by Crippen LogP contribution is 2.32. The molecular weight excluding hydrogens is 429 g/mol. The number of thioether (sulfide) groups is 1. The number of carbonyl (C=O) groups excluding carboxylic acids is 3. The highest BCUT2D eigenvalue weighted by Gasteiger charge is 2.34. The van der Waals surface area contributed by atoms with Crippen molar-refractivity contribution >= 4 is 40.6 Å². The molecule has 6 nitrogen and oxygen atoms in total. The van der Waals surface area contributed by atoms with Crippen molar-refractivity contribution in [2.75, 3.05) is 31.1 Å². The third-order valence-corrected chi connectivity index (χ3v) is 6.41. The Bertz CT molecular complexity index is 1100. The average Bonchev–Trinajstić information content (AvgIpc) is 3.02. The minimum atomic E-state index is -0.474. The maximum absolute atomic E-state index is 13.8. The molecule has 2 aliphatic rings. The fraction of sp³-hybridized carbons (Fsp3) is 0.292. The summed E-state index contributed by atoms with van der Waals surface area (Å²) in [4.78, 5) is 40.6. The molecular formula is C24H24FN3O3S. The van der Waals surface area contributed by atoms with E-state index >= 15 is 0 Å². The fourth-order valence-electron chi connectivity index (χ4n) is 3.93. The second-order valence-electron chi connectivity index (χ2n) is 7.86.